The van der Waals surface area contributed by atoms with Gasteiger partial charge in [-0.1, -0.05) is 71.2 Å². The minimum Gasteiger partial charge on any atom is -0.342 e. The number of hydrogen-bond donors (Lipinski definition) is 0. The van der Waals surface area contributed by atoms with Crippen LogP contribution in [0.25, 0.3) is 17.0 Å². The first-order valence-corrected chi connectivity index (χ1v) is 12.4. The molecule has 0 atom stereocenters. The fourth-order valence-electron chi connectivity index (χ4n) is 3.91. The standard InChI is InChI=1S/C26H17Cl3N2O2S/c27-19-8-5-16(6-9-19)13-30-15-18(20-3-1-2-4-23(20)30)12-24-25(32)31(26(33)34-24)14-17-7-10-21(28)22(29)11-17/h1-12,15H,13-14H2. The lowest BCUT2D eigenvalue weighted by atomic mass is 10.1. The van der Waals surface area contributed by atoms with E-state index >= 15 is 0 Å². The molecule has 1 aromatic heterocycles. The van der Waals surface area contributed by atoms with Crippen molar-refractivity contribution in [1.82, 2.24) is 9.47 Å². The van der Waals surface area contributed by atoms with Crippen LogP contribution in [0.1, 0.15) is 16.7 Å². The van der Waals surface area contributed by atoms with Gasteiger partial charge in [0.15, 0.2) is 0 Å². The van der Waals surface area contributed by atoms with Crippen molar-refractivity contribution < 1.29 is 9.59 Å². The Labute approximate surface area is 215 Å². The van der Waals surface area contributed by atoms with Crippen LogP contribution in [0.4, 0.5) is 4.79 Å². The van der Waals surface area contributed by atoms with Gasteiger partial charge in [0.05, 0.1) is 21.5 Å². The first-order chi connectivity index (χ1) is 16.4. The third-order valence-electron chi connectivity index (χ3n) is 5.57. The predicted molar refractivity (Wildman–Crippen MR) is 140 cm³/mol. The Morgan fingerprint density at radius 2 is 1.56 bits per heavy atom. The Morgan fingerprint density at radius 3 is 2.32 bits per heavy atom. The SMILES string of the molecule is O=C1SC(=Cc2cn(Cc3ccc(Cl)cc3)c3ccccc23)C(=O)N1Cc1ccc(Cl)c(Cl)c1. The van der Waals surface area contributed by atoms with Crippen LogP contribution in [0.5, 0.6) is 0 Å². The van der Waals surface area contributed by atoms with Crippen molar-refractivity contribution in [1.29, 1.82) is 0 Å². The third-order valence-corrected chi connectivity index (χ3v) is 7.47. The maximum atomic E-state index is 13.1. The molecule has 0 spiro atoms. The van der Waals surface area contributed by atoms with Gasteiger partial charge < -0.3 is 4.57 Å². The summed E-state index contributed by atoms with van der Waals surface area (Å²) in [7, 11) is 0. The van der Waals surface area contributed by atoms with Crippen LogP contribution >= 0.6 is 46.6 Å². The second-order valence-corrected chi connectivity index (χ2v) is 10.1. The van der Waals surface area contributed by atoms with Gasteiger partial charge in [0, 0.05) is 34.2 Å². The van der Waals surface area contributed by atoms with E-state index in [1.807, 2.05) is 54.7 Å². The number of amides is 2. The summed E-state index contributed by atoms with van der Waals surface area (Å²) in [5.41, 5.74) is 3.76. The fourth-order valence-corrected chi connectivity index (χ4v) is 5.18. The molecule has 1 aliphatic rings. The van der Waals surface area contributed by atoms with Gasteiger partial charge in [0.2, 0.25) is 0 Å². The van der Waals surface area contributed by atoms with Gasteiger partial charge in [-0.2, -0.15) is 0 Å². The second-order valence-electron chi connectivity index (χ2n) is 7.87. The molecule has 0 N–H and O–H groups in total. The monoisotopic (exact) mass is 526 g/mol. The normalized spacial score (nSPS) is 15.1. The zero-order valence-electron chi connectivity index (χ0n) is 17.7. The number of para-hydroxylation sites is 1. The van der Waals surface area contributed by atoms with E-state index in [0.29, 0.717) is 26.5 Å². The average molecular weight is 528 g/mol. The molecular weight excluding hydrogens is 511 g/mol. The van der Waals surface area contributed by atoms with E-state index in [1.165, 1.54) is 4.90 Å². The molecule has 4 nitrogen and oxygen atoms in total. The first kappa shape index (κ1) is 23.1. The summed E-state index contributed by atoms with van der Waals surface area (Å²) in [6.45, 7) is 0.793. The fraction of sp³-hybridized carbons (Fsp3) is 0.0769. The number of carbonyl (C=O) groups is 2. The van der Waals surface area contributed by atoms with Crippen LogP contribution in [-0.4, -0.2) is 20.6 Å². The number of halogens is 3. The molecular formula is C26H17Cl3N2O2S. The number of thioether (sulfide) groups is 1. The summed E-state index contributed by atoms with van der Waals surface area (Å²) in [5.74, 6) is -0.324. The Morgan fingerprint density at radius 1 is 0.824 bits per heavy atom. The number of rotatable bonds is 5. The van der Waals surface area contributed by atoms with Crippen molar-refractivity contribution in [2.75, 3.05) is 0 Å². The minimum atomic E-state index is -0.324. The Bertz CT molecular complexity index is 1460. The molecule has 34 heavy (non-hydrogen) atoms. The van der Waals surface area contributed by atoms with Crippen molar-refractivity contribution in [2.45, 2.75) is 13.1 Å². The molecule has 2 amide bonds. The minimum absolute atomic E-state index is 0.136. The summed E-state index contributed by atoms with van der Waals surface area (Å²) in [6.07, 6.45) is 3.80. The van der Waals surface area contributed by atoms with Crippen molar-refractivity contribution in [3.05, 3.63) is 110 Å². The van der Waals surface area contributed by atoms with Crippen molar-refractivity contribution >= 4 is 74.7 Å². The van der Waals surface area contributed by atoms with E-state index in [-0.39, 0.29) is 17.7 Å². The topological polar surface area (TPSA) is 42.3 Å². The lowest BCUT2D eigenvalue weighted by molar-refractivity contribution is -0.123. The maximum Gasteiger partial charge on any atom is 0.293 e. The zero-order valence-corrected chi connectivity index (χ0v) is 20.8. The van der Waals surface area contributed by atoms with E-state index in [0.717, 1.165) is 39.4 Å². The molecule has 0 bridgehead atoms. The number of benzene rings is 3. The van der Waals surface area contributed by atoms with E-state index in [1.54, 1.807) is 24.3 Å². The summed E-state index contributed by atoms with van der Waals surface area (Å²) in [4.78, 5) is 27.3. The number of hydrogen-bond acceptors (Lipinski definition) is 3. The van der Waals surface area contributed by atoms with E-state index < -0.39 is 0 Å². The number of imide groups is 1. The molecule has 4 aromatic rings. The number of fused-ring (bicyclic) bond motifs is 1. The number of carbonyl (C=O) groups excluding carboxylic acids is 2. The van der Waals surface area contributed by atoms with E-state index in [9.17, 15) is 9.59 Å². The van der Waals surface area contributed by atoms with Crippen LogP contribution in [0, 0.1) is 0 Å². The van der Waals surface area contributed by atoms with Gasteiger partial charge in [-0.25, -0.2) is 0 Å². The van der Waals surface area contributed by atoms with Gasteiger partial charge >= 0.3 is 0 Å². The first-order valence-electron chi connectivity index (χ1n) is 10.4. The molecule has 0 aliphatic carbocycles. The summed E-state index contributed by atoms with van der Waals surface area (Å²) >= 11 is 19.0. The van der Waals surface area contributed by atoms with E-state index in [4.69, 9.17) is 34.8 Å². The molecule has 1 fully saturated rings. The van der Waals surface area contributed by atoms with Crippen molar-refractivity contribution in [3.8, 4) is 0 Å². The summed E-state index contributed by atoms with van der Waals surface area (Å²) < 4.78 is 2.13. The molecule has 1 saturated heterocycles. The van der Waals surface area contributed by atoms with Gasteiger partial charge in [0.1, 0.15) is 0 Å². The Hall–Kier alpha value is -2.70. The third kappa shape index (κ3) is 4.62. The van der Waals surface area contributed by atoms with E-state index in [2.05, 4.69) is 4.57 Å². The Kier molecular flexibility index (Phi) is 6.45. The quantitative estimate of drug-likeness (QED) is 0.248. The molecule has 2 heterocycles. The lowest BCUT2D eigenvalue weighted by Gasteiger charge is -2.12. The van der Waals surface area contributed by atoms with Crippen molar-refractivity contribution in [3.63, 3.8) is 0 Å². The molecule has 170 valence electrons. The number of aromatic nitrogens is 1. The van der Waals surface area contributed by atoms with Crippen LogP contribution < -0.4 is 0 Å². The van der Waals surface area contributed by atoms with Crippen LogP contribution in [0.2, 0.25) is 15.1 Å². The largest absolute Gasteiger partial charge is 0.342 e. The zero-order chi connectivity index (χ0) is 23.8. The predicted octanol–water partition coefficient (Wildman–Crippen LogP) is 7.89. The lowest BCUT2D eigenvalue weighted by Crippen LogP contribution is -2.27. The highest BCUT2D eigenvalue weighted by Gasteiger charge is 2.35. The molecule has 0 radical (unpaired) electrons. The highest BCUT2D eigenvalue weighted by atomic mass is 35.5. The molecule has 0 unspecified atom stereocenters. The maximum absolute atomic E-state index is 13.1. The van der Waals surface area contributed by atoms with Crippen LogP contribution in [0.3, 0.4) is 0 Å². The molecule has 3 aromatic carbocycles. The van der Waals surface area contributed by atoms with Gasteiger partial charge in [-0.15, -0.1) is 0 Å². The Balaban J connectivity index is 1.44. The highest BCUT2D eigenvalue weighted by Crippen LogP contribution is 2.35. The number of nitrogens with zero attached hydrogens (tertiary/aromatic N) is 2. The van der Waals surface area contributed by atoms with Crippen LogP contribution in [-0.2, 0) is 17.9 Å². The highest BCUT2D eigenvalue weighted by molar-refractivity contribution is 8.18. The molecule has 8 heteroatoms. The molecule has 1 aliphatic heterocycles. The molecule has 5 rings (SSSR count). The van der Waals surface area contributed by atoms with Gasteiger partial charge in [0.25, 0.3) is 11.1 Å². The second kappa shape index (κ2) is 9.51. The van der Waals surface area contributed by atoms with Gasteiger partial charge in [-0.3, -0.25) is 14.5 Å². The van der Waals surface area contributed by atoms with Crippen LogP contribution in [0.15, 0.2) is 77.8 Å². The summed E-state index contributed by atoms with van der Waals surface area (Å²) in [6, 6.07) is 20.8. The smallest absolute Gasteiger partial charge is 0.293 e. The summed E-state index contributed by atoms with van der Waals surface area (Å²) in [5, 5.41) is 2.20. The average Bonchev–Trinajstić information content (AvgIpc) is 3.30. The van der Waals surface area contributed by atoms with Crippen molar-refractivity contribution in [2.24, 2.45) is 0 Å². The molecule has 0 saturated carbocycles. The van der Waals surface area contributed by atoms with Gasteiger partial charge in [-0.05, 0) is 59.3 Å².